The lowest BCUT2D eigenvalue weighted by atomic mass is 9.95. The summed E-state index contributed by atoms with van der Waals surface area (Å²) >= 11 is 0. The number of rotatable bonds is 19. The molecule has 0 unspecified atom stereocenters. The third kappa shape index (κ3) is 9.37. The Kier molecular flexibility index (Phi) is 13.8. The van der Waals surface area contributed by atoms with Crippen molar-refractivity contribution < 1.29 is 24.2 Å². The number of aliphatic hydroxyl groups is 1. The van der Waals surface area contributed by atoms with Crippen LogP contribution in [0.25, 0.3) is 5.76 Å². The Morgan fingerprint density at radius 1 is 0.683 bits per heavy atom. The standard InChI is InChI=1S/C35H49NO5/c1-4-5-6-7-8-9-10-11-12-13-14-15-16-17-26-36-32(27-18-22-29(40-2)23-19-27)31(34(38)35(36)39)33(37)28-20-24-30(41-3)25-21-28/h18-25,32,37H,4-17,26H2,1-3H3/b33-31+/t32-/m1/s1. The number of hydrogen-bond donors (Lipinski definition) is 1. The van der Waals surface area contributed by atoms with Crippen LogP contribution in [-0.4, -0.2) is 42.5 Å². The summed E-state index contributed by atoms with van der Waals surface area (Å²) in [6.45, 7) is 2.73. The molecule has 1 saturated heterocycles. The number of unbranched alkanes of at least 4 members (excludes halogenated alkanes) is 13. The van der Waals surface area contributed by atoms with E-state index in [0.29, 0.717) is 23.6 Å². The summed E-state index contributed by atoms with van der Waals surface area (Å²) in [7, 11) is 3.17. The number of likely N-dealkylation sites (tertiary alicyclic amines) is 1. The molecule has 1 atom stereocenters. The van der Waals surface area contributed by atoms with Gasteiger partial charge in [-0.15, -0.1) is 0 Å². The zero-order valence-electron chi connectivity index (χ0n) is 25.3. The van der Waals surface area contributed by atoms with Crippen LogP contribution in [0.3, 0.4) is 0 Å². The van der Waals surface area contributed by atoms with Crippen LogP contribution in [0.5, 0.6) is 11.5 Å². The molecule has 1 amide bonds. The Bertz CT molecular complexity index is 1110. The van der Waals surface area contributed by atoms with Crippen molar-refractivity contribution >= 4 is 17.4 Å². The number of Topliss-reactive ketones (excluding diaryl/α,β-unsaturated/α-hetero) is 1. The maximum absolute atomic E-state index is 13.2. The molecule has 1 heterocycles. The summed E-state index contributed by atoms with van der Waals surface area (Å²) < 4.78 is 10.5. The lowest BCUT2D eigenvalue weighted by Crippen LogP contribution is -2.30. The van der Waals surface area contributed by atoms with Crippen molar-refractivity contribution in [2.75, 3.05) is 20.8 Å². The van der Waals surface area contributed by atoms with Crippen LogP contribution in [0.1, 0.15) is 114 Å². The number of methoxy groups -OCH3 is 2. The molecule has 2 aromatic rings. The summed E-state index contributed by atoms with van der Waals surface area (Å²) in [5, 5.41) is 11.2. The van der Waals surface area contributed by atoms with E-state index in [0.717, 1.165) is 24.8 Å². The zero-order chi connectivity index (χ0) is 29.5. The maximum Gasteiger partial charge on any atom is 0.295 e. The molecule has 0 aliphatic carbocycles. The van der Waals surface area contributed by atoms with Gasteiger partial charge in [0.2, 0.25) is 0 Å². The Balaban J connectivity index is 1.56. The first-order valence-electron chi connectivity index (χ1n) is 15.6. The third-order valence-electron chi connectivity index (χ3n) is 8.09. The minimum atomic E-state index is -0.649. The van der Waals surface area contributed by atoms with E-state index in [1.54, 1.807) is 43.4 Å². The van der Waals surface area contributed by atoms with Gasteiger partial charge in [-0.3, -0.25) is 9.59 Å². The highest BCUT2D eigenvalue weighted by atomic mass is 16.5. The molecule has 6 nitrogen and oxygen atoms in total. The van der Waals surface area contributed by atoms with Crippen molar-refractivity contribution in [1.29, 1.82) is 0 Å². The predicted octanol–water partition coefficient (Wildman–Crippen LogP) is 8.61. The van der Waals surface area contributed by atoms with E-state index < -0.39 is 17.7 Å². The van der Waals surface area contributed by atoms with Gasteiger partial charge in [-0.25, -0.2) is 0 Å². The van der Waals surface area contributed by atoms with E-state index >= 15 is 0 Å². The zero-order valence-corrected chi connectivity index (χ0v) is 25.3. The molecule has 0 bridgehead atoms. The van der Waals surface area contributed by atoms with Gasteiger partial charge in [0.15, 0.2) is 0 Å². The number of hydrogen-bond acceptors (Lipinski definition) is 5. The molecule has 1 aliphatic rings. The molecular weight excluding hydrogens is 514 g/mol. The molecule has 0 aromatic heterocycles. The van der Waals surface area contributed by atoms with Crippen molar-refractivity contribution in [3.8, 4) is 11.5 Å². The summed E-state index contributed by atoms with van der Waals surface area (Å²) in [6, 6.07) is 13.5. The van der Waals surface area contributed by atoms with E-state index in [9.17, 15) is 14.7 Å². The Morgan fingerprint density at radius 3 is 1.59 bits per heavy atom. The molecule has 0 spiro atoms. The number of benzene rings is 2. The molecule has 1 N–H and O–H groups in total. The highest BCUT2D eigenvalue weighted by molar-refractivity contribution is 6.46. The smallest absolute Gasteiger partial charge is 0.295 e. The number of amides is 1. The molecule has 6 heteroatoms. The van der Waals surface area contributed by atoms with Gasteiger partial charge in [0, 0.05) is 12.1 Å². The summed E-state index contributed by atoms with van der Waals surface area (Å²) in [4.78, 5) is 28.1. The summed E-state index contributed by atoms with van der Waals surface area (Å²) in [5.74, 6) is -0.0466. The van der Waals surface area contributed by atoms with Crippen LogP contribution in [0.4, 0.5) is 0 Å². The second-order valence-electron chi connectivity index (χ2n) is 11.1. The molecule has 1 aliphatic heterocycles. The van der Waals surface area contributed by atoms with Gasteiger partial charge in [-0.2, -0.15) is 0 Å². The summed E-state index contributed by atoms with van der Waals surface area (Å²) in [6.07, 6.45) is 17.6. The molecule has 224 valence electrons. The molecule has 3 rings (SSSR count). The number of carbonyl (C=O) groups excluding carboxylic acids is 2. The van der Waals surface area contributed by atoms with Crippen molar-refractivity contribution in [1.82, 2.24) is 4.90 Å². The van der Waals surface area contributed by atoms with E-state index in [4.69, 9.17) is 9.47 Å². The number of carbonyl (C=O) groups is 2. The molecule has 1 fully saturated rings. The fraction of sp³-hybridized carbons (Fsp3) is 0.543. The van der Waals surface area contributed by atoms with Crippen molar-refractivity contribution in [3.63, 3.8) is 0 Å². The maximum atomic E-state index is 13.2. The largest absolute Gasteiger partial charge is 0.507 e. The lowest BCUT2D eigenvalue weighted by molar-refractivity contribution is -0.139. The fourth-order valence-corrected chi connectivity index (χ4v) is 5.62. The number of ketones is 1. The van der Waals surface area contributed by atoms with Gasteiger partial charge in [0.25, 0.3) is 11.7 Å². The van der Waals surface area contributed by atoms with Crippen LogP contribution >= 0.6 is 0 Å². The van der Waals surface area contributed by atoms with Crippen molar-refractivity contribution in [2.24, 2.45) is 0 Å². The lowest BCUT2D eigenvalue weighted by Gasteiger charge is -2.25. The van der Waals surface area contributed by atoms with E-state index in [2.05, 4.69) is 6.92 Å². The average Bonchev–Trinajstić information content (AvgIpc) is 3.26. The minimum Gasteiger partial charge on any atom is -0.507 e. The molecule has 0 saturated carbocycles. The van der Waals surface area contributed by atoms with Gasteiger partial charge in [-0.05, 0) is 48.4 Å². The van der Waals surface area contributed by atoms with Crippen LogP contribution < -0.4 is 9.47 Å². The molecule has 41 heavy (non-hydrogen) atoms. The van der Waals surface area contributed by atoms with E-state index in [1.165, 1.54) is 70.6 Å². The average molecular weight is 564 g/mol. The highest BCUT2D eigenvalue weighted by Crippen LogP contribution is 2.40. The Labute approximate surface area is 246 Å². The van der Waals surface area contributed by atoms with Crippen LogP contribution in [0.15, 0.2) is 54.1 Å². The fourth-order valence-electron chi connectivity index (χ4n) is 5.62. The van der Waals surface area contributed by atoms with Crippen molar-refractivity contribution in [2.45, 2.75) is 103 Å². The predicted molar refractivity (Wildman–Crippen MR) is 165 cm³/mol. The van der Waals surface area contributed by atoms with E-state index in [-0.39, 0.29) is 11.3 Å². The number of ether oxygens (including phenoxy) is 2. The molecule has 2 aromatic carbocycles. The van der Waals surface area contributed by atoms with Gasteiger partial charge in [-0.1, -0.05) is 103 Å². The number of nitrogens with zero attached hydrogens (tertiary/aromatic N) is 1. The van der Waals surface area contributed by atoms with Crippen LogP contribution in [0, 0.1) is 0 Å². The number of aliphatic hydroxyl groups excluding tert-OH is 1. The first kappa shape index (κ1) is 32.2. The highest BCUT2D eigenvalue weighted by Gasteiger charge is 2.45. The monoisotopic (exact) mass is 563 g/mol. The SMILES string of the molecule is CCCCCCCCCCCCCCCCN1C(=O)C(=O)/C(=C(/O)c2ccc(OC)cc2)[C@H]1c1ccc(OC)cc1. The van der Waals surface area contributed by atoms with Gasteiger partial charge in [0.1, 0.15) is 17.3 Å². The second kappa shape index (κ2) is 17.5. The van der Waals surface area contributed by atoms with Crippen molar-refractivity contribution in [3.05, 3.63) is 65.2 Å². The van der Waals surface area contributed by atoms with Gasteiger partial charge < -0.3 is 19.5 Å². The second-order valence-corrected chi connectivity index (χ2v) is 11.1. The molecule has 0 radical (unpaired) electrons. The molecular formula is C35H49NO5. The quantitative estimate of drug-likeness (QED) is 0.0801. The van der Waals surface area contributed by atoms with Crippen LogP contribution in [-0.2, 0) is 9.59 Å². The summed E-state index contributed by atoms with van der Waals surface area (Å²) in [5.41, 5.74) is 1.36. The normalized spacial score (nSPS) is 16.4. The first-order valence-corrected chi connectivity index (χ1v) is 15.6. The van der Waals surface area contributed by atoms with Gasteiger partial charge >= 0.3 is 0 Å². The Morgan fingerprint density at radius 2 is 1.12 bits per heavy atom. The minimum absolute atomic E-state index is 0.121. The van der Waals surface area contributed by atoms with Gasteiger partial charge in [0.05, 0.1) is 25.8 Å². The Hall–Kier alpha value is -3.28. The first-order chi connectivity index (χ1) is 20.0. The van der Waals surface area contributed by atoms with Crippen LogP contribution in [0.2, 0.25) is 0 Å². The third-order valence-corrected chi connectivity index (χ3v) is 8.09. The van der Waals surface area contributed by atoms with E-state index in [1.807, 2.05) is 24.3 Å². The topological polar surface area (TPSA) is 76.1 Å².